The van der Waals surface area contributed by atoms with Crippen LogP contribution in [0.15, 0.2) is 0 Å². The molecule has 0 saturated carbocycles. The van der Waals surface area contributed by atoms with Crippen LogP contribution in [0.3, 0.4) is 0 Å². The quantitative estimate of drug-likeness (QED) is 0.0460. The molecule has 292 valence electrons. The third-order valence-corrected chi connectivity index (χ3v) is 6.00. The van der Waals surface area contributed by atoms with Crippen LogP contribution in [-0.4, -0.2) is 71.0 Å². The van der Waals surface area contributed by atoms with E-state index in [1.54, 1.807) is 69.2 Å². The van der Waals surface area contributed by atoms with Crippen LogP contribution in [0.1, 0.15) is 168 Å². The first kappa shape index (κ1) is 48.9. The molecule has 12 heteroatoms. The van der Waals surface area contributed by atoms with Crippen molar-refractivity contribution in [3.63, 3.8) is 0 Å². The second-order valence-electron chi connectivity index (χ2n) is 17.5. The number of amides is 3. The first-order chi connectivity index (χ1) is 22.6. The Morgan fingerprint density at radius 1 is 0.560 bits per heavy atom. The lowest BCUT2D eigenvalue weighted by Crippen LogP contribution is -2.53. The number of rotatable bonds is 19. The van der Waals surface area contributed by atoms with E-state index in [2.05, 4.69) is 43.6 Å². The van der Waals surface area contributed by atoms with Crippen LogP contribution in [0.25, 0.3) is 0 Å². The highest BCUT2D eigenvalue weighted by Crippen LogP contribution is 2.15. The van der Waals surface area contributed by atoms with Gasteiger partial charge in [-0.15, -0.1) is 0 Å². The zero-order chi connectivity index (χ0) is 39.3. The summed E-state index contributed by atoms with van der Waals surface area (Å²) in [6.45, 7) is 26.4. The van der Waals surface area contributed by atoms with Crippen molar-refractivity contribution in [3.8, 4) is 0 Å². The summed E-state index contributed by atoms with van der Waals surface area (Å²) in [5.41, 5.74) is -1.13. The lowest BCUT2D eigenvalue weighted by molar-refractivity contribution is -0.159. The minimum atomic E-state index is -1.16. The van der Waals surface area contributed by atoms with E-state index in [1.165, 1.54) is 0 Å². The van der Waals surface area contributed by atoms with Crippen LogP contribution in [0.5, 0.6) is 0 Å². The zero-order valence-corrected chi connectivity index (χ0v) is 33.9. The first-order valence-corrected chi connectivity index (χ1v) is 18.1. The van der Waals surface area contributed by atoms with Crippen molar-refractivity contribution >= 4 is 35.6 Å². The summed E-state index contributed by atoms with van der Waals surface area (Å²) in [6, 6.07) is -2.95. The van der Waals surface area contributed by atoms with Gasteiger partial charge in [0.1, 0.15) is 28.9 Å². The fourth-order valence-corrected chi connectivity index (χ4v) is 4.08. The average Bonchev–Trinajstić information content (AvgIpc) is 2.88. The van der Waals surface area contributed by atoms with Gasteiger partial charge >= 0.3 is 23.9 Å². The van der Waals surface area contributed by atoms with Crippen LogP contribution in [0, 0.1) is 10.8 Å². The highest BCUT2D eigenvalue weighted by atomic mass is 16.6. The fraction of sp³-hybridized carbons (Fsp3) is 0.842. The fourth-order valence-electron chi connectivity index (χ4n) is 4.08. The van der Waals surface area contributed by atoms with E-state index in [0.29, 0.717) is 36.9 Å². The maximum Gasteiger partial charge on any atom is 0.329 e. The molecule has 0 radical (unpaired) electrons. The van der Waals surface area contributed by atoms with Gasteiger partial charge in [-0.05, 0) is 120 Å². The van der Waals surface area contributed by atoms with Gasteiger partial charge in [0.05, 0.1) is 0 Å². The number of ether oxygens (including phenoxy) is 3. The Labute approximate surface area is 303 Å². The van der Waals surface area contributed by atoms with Gasteiger partial charge in [-0.25, -0.2) is 14.4 Å². The Bertz CT molecular complexity index is 1060. The highest BCUT2D eigenvalue weighted by Gasteiger charge is 2.31. The van der Waals surface area contributed by atoms with Crippen molar-refractivity contribution in [2.75, 3.05) is 6.54 Å². The van der Waals surface area contributed by atoms with Crippen molar-refractivity contribution in [1.29, 1.82) is 5.41 Å². The molecule has 0 aliphatic rings. The van der Waals surface area contributed by atoms with Crippen molar-refractivity contribution in [2.24, 2.45) is 5.41 Å². The van der Waals surface area contributed by atoms with Crippen LogP contribution in [-0.2, 0) is 33.4 Å². The molecule has 0 aromatic heterocycles. The molecular weight excluding hydrogens is 640 g/mol. The molecule has 0 aromatic rings. The van der Waals surface area contributed by atoms with Gasteiger partial charge in [-0.2, -0.15) is 0 Å². The second-order valence-corrected chi connectivity index (χ2v) is 17.5. The molecule has 0 heterocycles. The molecule has 0 aliphatic heterocycles. The Morgan fingerprint density at radius 2 is 0.980 bits per heavy atom. The lowest BCUT2D eigenvalue weighted by atomic mass is 10.0. The molecule has 50 heavy (non-hydrogen) atoms. The molecule has 12 nitrogen and oxygen atoms in total. The monoisotopic (exact) mass is 713 g/mol. The molecule has 0 fully saturated rings. The number of esters is 3. The molecule has 0 bridgehead atoms. The van der Waals surface area contributed by atoms with E-state index in [9.17, 15) is 24.0 Å². The van der Waals surface area contributed by atoms with E-state index in [1.807, 2.05) is 0 Å². The number of unbranched alkanes of at least 4 members (excludes halogenated alkanes) is 4. The molecule has 0 aromatic carbocycles. The molecule has 4 N–H and O–H groups in total. The summed E-state index contributed by atoms with van der Waals surface area (Å²) in [6.07, 6.45) is 6.11. The normalized spacial score (nSPS) is 13.1. The zero-order valence-electron chi connectivity index (χ0n) is 33.9. The summed E-state index contributed by atoms with van der Waals surface area (Å²) in [7, 11) is 0. The van der Waals surface area contributed by atoms with Gasteiger partial charge in [0.25, 0.3) is 0 Å². The van der Waals surface area contributed by atoms with Crippen molar-refractivity contribution in [3.05, 3.63) is 0 Å². The number of hydrogen-bond donors (Lipinski definition) is 4. The van der Waals surface area contributed by atoms with Gasteiger partial charge in [0.15, 0.2) is 0 Å². The third-order valence-electron chi connectivity index (χ3n) is 6.00. The van der Waals surface area contributed by atoms with Gasteiger partial charge in [-0.3, -0.25) is 9.59 Å². The van der Waals surface area contributed by atoms with Gasteiger partial charge in [0.2, 0.25) is 5.91 Å². The number of hydrogen-bond acceptors (Lipinski definition) is 9. The van der Waals surface area contributed by atoms with Crippen LogP contribution < -0.4 is 16.0 Å². The number of nitrogens with one attached hydrogen (secondary N) is 4. The van der Waals surface area contributed by atoms with Gasteiger partial charge in [-0.1, -0.05) is 40.5 Å². The Balaban J connectivity index is 0. The number of carbonyl (C=O) groups excluding carboxylic acids is 5. The Hall–Kier alpha value is -3.18. The smallest absolute Gasteiger partial charge is 0.329 e. The molecule has 3 amide bonds. The number of urea groups is 1. The summed E-state index contributed by atoms with van der Waals surface area (Å²) >= 11 is 0. The number of carbonyl (C=O) groups is 5. The van der Waals surface area contributed by atoms with Crippen molar-refractivity contribution in [1.82, 2.24) is 16.0 Å². The predicted molar refractivity (Wildman–Crippen MR) is 199 cm³/mol. The van der Waals surface area contributed by atoms with E-state index < -0.39 is 52.8 Å². The molecule has 0 spiro atoms. The molecule has 2 unspecified atom stereocenters. The molecule has 0 aliphatic carbocycles. The Morgan fingerprint density at radius 3 is 1.40 bits per heavy atom. The lowest BCUT2D eigenvalue weighted by Gasteiger charge is -2.27. The average molecular weight is 713 g/mol. The topological polar surface area (TPSA) is 173 Å². The summed E-state index contributed by atoms with van der Waals surface area (Å²) in [5.74, 6) is -1.89. The molecule has 0 saturated heterocycles. The minimum absolute atomic E-state index is 0.0287. The SMILES string of the molecule is CC(=N)CCCCCCC(=O)NCCCCC(NC(=O)NC(CCC(=O)OC(C)(C)C)C(=O)OC(C)(C)C)C(=O)OC(C)(C)C.CC(C)(C)C. The second kappa shape index (κ2) is 23.3. The third kappa shape index (κ3) is 34.7. The molecule has 0 rings (SSSR count). The maximum absolute atomic E-state index is 13.0. The van der Waals surface area contributed by atoms with E-state index in [-0.39, 0.29) is 25.2 Å². The van der Waals surface area contributed by atoms with Gasteiger partial charge < -0.3 is 35.6 Å². The van der Waals surface area contributed by atoms with Gasteiger partial charge in [0, 0.05) is 25.1 Å². The highest BCUT2D eigenvalue weighted by molar-refractivity contribution is 5.87. The standard InChI is InChI=1S/C33H60N4O8.C5H12/c1-23(34)17-13-11-12-14-19-26(38)35-22-16-15-18-24(28(40)44-32(5,6)7)36-30(42)37-25(29(41)45-33(8,9)10)20-21-27(39)43-31(2,3)4;1-5(2,3)4/h24-25,34H,11-22H2,1-10H3,(H,35,38)(H2,36,37,42);1-4H3. The minimum Gasteiger partial charge on any atom is -0.460 e. The van der Waals surface area contributed by atoms with E-state index >= 15 is 0 Å². The molecule has 2 atom stereocenters. The van der Waals surface area contributed by atoms with Crippen molar-refractivity contribution in [2.45, 2.75) is 196 Å². The summed E-state index contributed by atoms with van der Waals surface area (Å²) in [4.78, 5) is 63.3. The first-order valence-electron chi connectivity index (χ1n) is 18.1. The van der Waals surface area contributed by atoms with Crippen LogP contribution >= 0.6 is 0 Å². The van der Waals surface area contributed by atoms with Crippen molar-refractivity contribution < 1.29 is 38.2 Å². The van der Waals surface area contributed by atoms with Crippen LogP contribution in [0.4, 0.5) is 4.79 Å². The Kier molecular flexibility index (Phi) is 22.8. The summed E-state index contributed by atoms with van der Waals surface area (Å²) < 4.78 is 16.3. The maximum atomic E-state index is 13.0. The predicted octanol–water partition coefficient (Wildman–Crippen LogP) is 7.55. The largest absolute Gasteiger partial charge is 0.460 e. The molecular formula is C38H72N4O8. The summed E-state index contributed by atoms with van der Waals surface area (Å²) in [5, 5.41) is 15.5. The van der Waals surface area contributed by atoms with E-state index in [4.69, 9.17) is 19.6 Å². The van der Waals surface area contributed by atoms with Crippen LogP contribution in [0.2, 0.25) is 0 Å². The van der Waals surface area contributed by atoms with E-state index in [0.717, 1.165) is 32.1 Å².